The van der Waals surface area contributed by atoms with E-state index in [1.165, 1.54) is 0 Å². The predicted molar refractivity (Wildman–Crippen MR) is 143 cm³/mol. The van der Waals surface area contributed by atoms with Crippen LogP contribution in [0.5, 0.6) is 0 Å². The van der Waals surface area contributed by atoms with Gasteiger partial charge in [0.2, 0.25) is 5.91 Å². The number of nitrogens with zero attached hydrogens (tertiary/aromatic N) is 3. The molecule has 1 aromatic carbocycles. The van der Waals surface area contributed by atoms with Crippen molar-refractivity contribution in [1.29, 1.82) is 0 Å². The van der Waals surface area contributed by atoms with Crippen LogP contribution in [0.1, 0.15) is 45.0 Å². The summed E-state index contributed by atoms with van der Waals surface area (Å²) in [4.78, 5) is 45.0. The second-order valence-corrected chi connectivity index (χ2v) is 12.5. The van der Waals surface area contributed by atoms with Gasteiger partial charge in [0.05, 0.1) is 0 Å². The molecule has 1 unspecified atom stereocenters. The van der Waals surface area contributed by atoms with Crippen LogP contribution in [-0.4, -0.2) is 90.8 Å². The zero-order valence-corrected chi connectivity index (χ0v) is 23.2. The van der Waals surface area contributed by atoms with E-state index in [2.05, 4.69) is 36.0 Å². The Balaban J connectivity index is 1.52. The number of amides is 2. The molecule has 0 aliphatic carbocycles. The van der Waals surface area contributed by atoms with Crippen LogP contribution in [0.25, 0.3) is 0 Å². The average molecular weight is 517 g/mol. The number of thiol groups is 1. The number of nitrogens with one attached hydrogen (secondary N) is 1. The van der Waals surface area contributed by atoms with Crippen LogP contribution in [0.2, 0.25) is 0 Å². The fourth-order valence-electron chi connectivity index (χ4n) is 5.44. The molecule has 36 heavy (non-hydrogen) atoms. The Hall–Kier alpha value is -2.10. The molecule has 0 saturated carbocycles. The molecule has 0 spiro atoms. The molecule has 198 valence electrons. The lowest BCUT2D eigenvalue weighted by Crippen LogP contribution is -2.60. The first-order chi connectivity index (χ1) is 16.8. The first-order valence-electron chi connectivity index (χ1n) is 12.9. The molecule has 3 aliphatic heterocycles. The van der Waals surface area contributed by atoms with Gasteiger partial charge < -0.3 is 24.8 Å². The highest BCUT2D eigenvalue weighted by molar-refractivity contribution is 7.82. The first kappa shape index (κ1) is 26.9. The Morgan fingerprint density at radius 3 is 2.28 bits per heavy atom. The van der Waals surface area contributed by atoms with Crippen molar-refractivity contribution in [3.05, 3.63) is 29.8 Å². The van der Waals surface area contributed by atoms with Crippen molar-refractivity contribution in [2.75, 3.05) is 51.3 Å². The van der Waals surface area contributed by atoms with E-state index in [0.29, 0.717) is 12.1 Å². The maximum absolute atomic E-state index is 14.0. The van der Waals surface area contributed by atoms with Gasteiger partial charge in [0.25, 0.3) is 5.91 Å². The summed E-state index contributed by atoms with van der Waals surface area (Å²) in [5.74, 6) is -0.604. The molecule has 3 heterocycles. The van der Waals surface area contributed by atoms with Gasteiger partial charge in [0, 0.05) is 49.9 Å². The summed E-state index contributed by atoms with van der Waals surface area (Å²) in [6.45, 7) is 14.1. The van der Waals surface area contributed by atoms with Crippen LogP contribution >= 0.6 is 12.6 Å². The minimum atomic E-state index is -1.30. The van der Waals surface area contributed by atoms with Gasteiger partial charge in [-0.15, -0.1) is 12.6 Å². The Bertz CT molecular complexity index is 1000. The van der Waals surface area contributed by atoms with Crippen molar-refractivity contribution in [3.8, 4) is 0 Å². The van der Waals surface area contributed by atoms with Crippen LogP contribution in [0.15, 0.2) is 24.3 Å². The molecular formula is C27H40N4O4S. The van der Waals surface area contributed by atoms with Crippen molar-refractivity contribution in [1.82, 2.24) is 15.1 Å². The number of benzene rings is 1. The highest BCUT2D eigenvalue weighted by Crippen LogP contribution is 2.46. The highest BCUT2D eigenvalue weighted by Gasteiger charge is 2.63. The third kappa shape index (κ3) is 4.89. The fraction of sp³-hybridized carbons (Fsp3) is 0.667. The molecule has 8 nitrogen and oxygen atoms in total. The van der Waals surface area contributed by atoms with Crippen molar-refractivity contribution in [2.24, 2.45) is 17.3 Å². The molecule has 0 radical (unpaired) electrons. The number of likely N-dealkylation sites (N-methyl/N-ethyl adjacent to an activating group) is 1. The van der Waals surface area contributed by atoms with Crippen LogP contribution in [0.3, 0.4) is 0 Å². The van der Waals surface area contributed by atoms with Gasteiger partial charge in [-0.05, 0) is 42.6 Å². The molecular weight excluding hydrogens is 476 g/mol. The van der Waals surface area contributed by atoms with Crippen molar-refractivity contribution >= 4 is 35.9 Å². The second kappa shape index (κ2) is 9.99. The normalized spacial score (nSPS) is 27.9. The lowest BCUT2D eigenvalue weighted by Gasteiger charge is -2.38. The van der Waals surface area contributed by atoms with E-state index in [9.17, 15) is 14.4 Å². The van der Waals surface area contributed by atoms with E-state index in [1.807, 2.05) is 45.0 Å². The molecule has 2 amide bonds. The number of likely N-dealkylation sites (tertiary alicyclic amines) is 1. The number of carbonyl (C=O) groups excluding carboxylic acids is 3. The Morgan fingerprint density at radius 2 is 1.72 bits per heavy atom. The molecule has 0 bridgehead atoms. The summed E-state index contributed by atoms with van der Waals surface area (Å²) in [6, 6.07) is 6.71. The summed E-state index contributed by atoms with van der Waals surface area (Å²) >= 11 is 4.75. The second-order valence-electron chi connectivity index (χ2n) is 11.8. The van der Waals surface area contributed by atoms with Crippen LogP contribution in [-0.2, 0) is 14.3 Å². The van der Waals surface area contributed by atoms with E-state index in [0.717, 1.165) is 31.9 Å². The molecule has 3 fully saturated rings. The van der Waals surface area contributed by atoms with Gasteiger partial charge >= 0.3 is 0 Å². The van der Waals surface area contributed by atoms with Gasteiger partial charge in [0.1, 0.15) is 18.8 Å². The van der Waals surface area contributed by atoms with Crippen molar-refractivity contribution in [2.45, 2.75) is 51.6 Å². The summed E-state index contributed by atoms with van der Waals surface area (Å²) in [5.41, 5.74) is 1.00. The minimum Gasteiger partial charge on any atom is -0.369 e. The zero-order valence-electron chi connectivity index (χ0n) is 22.3. The molecule has 3 aliphatic rings. The number of hydrogen-bond donors (Lipinski definition) is 2. The minimum absolute atomic E-state index is 0.00339. The summed E-state index contributed by atoms with van der Waals surface area (Å²) in [6.07, 6.45) is -0.448. The maximum Gasteiger partial charge on any atom is 0.251 e. The van der Waals surface area contributed by atoms with Crippen LogP contribution in [0, 0.1) is 17.3 Å². The van der Waals surface area contributed by atoms with E-state index >= 15 is 0 Å². The number of fused-ring (bicyclic) bond motifs is 1. The Kier molecular flexibility index (Phi) is 7.48. The quantitative estimate of drug-likeness (QED) is 0.585. The number of rotatable bonds is 5. The number of ether oxygens (including phenoxy) is 1. The number of piperazine rings is 1. The SMILES string of the molecule is CC(C)[C@@H]1CN(C(=O)[C@@H](NC(=O)c2ccc(N3CCN(C)CC3)cc2)C(C)(C)C)C2(S)C(=O)CO[C@H]12. The third-order valence-corrected chi connectivity index (χ3v) is 8.65. The Morgan fingerprint density at radius 1 is 1.11 bits per heavy atom. The molecule has 0 aromatic heterocycles. The number of carbonyl (C=O) groups is 3. The standard InChI is InChI=1S/C27H40N4O4S/c1-17(2)20-15-31(27(36)21(32)16-35-23(20)27)25(34)22(26(3,4)5)28-24(33)18-7-9-19(10-8-18)30-13-11-29(6)12-14-30/h7-10,17,20,22-23,36H,11-16H2,1-6H3,(H,28,33)/t20-,22+,23+,27?/m0/s1. The van der Waals surface area contributed by atoms with Gasteiger partial charge in [-0.25, -0.2) is 0 Å². The molecule has 1 aromatic rings. The largest absolute Gasteiger partial charge is 0.369 e. The topological polar surface area (TPSA) is 82.2 Å². The molecule has 3 saturated heterocycles. The van der Waals surface area contributed by atoms with E-state index < -0.39 is 22.4 Å². The number of hydrogen-bond acceptors (Lipinski definition) is 7. The summed E-state index contributed by atoms with van der Waals surface area (Å²) in [7, 11) is 2.12. The summed E-state index contributed by atoms with van der Waals surface area (Å²) < 4.78 is 5.82. The summed E-state index contributed by atoms with van der Waals surface area (Å²) in [5, 5.41) is 2.97. The van der Waals surface area contributed by atoms with Gasteiger partial charge in [0.15, 0.2) is 10.7 Å². The van der Waals surface area contributed by atoms with Crippen molar-refractivity contribution < 1.29 is 19.1 Å². The lowest BCUT2D eigenvalue weighted by atomic mass is 9.85. The average Bonchev–Trinajstić information content (AvgIpc) is 3.29. The predicted octanol–water partition coefficient (Wildman–Crippen LogP) is 2.29. The maximum atomic E-state index is 14.0. The molecule has 9 heteroatoms. The van der Waals surface area contributed by atoms with Crippen LogP contribution in [0.4, 0.5) is 5.69 Å². The van der Waals surface area contributed by atoms with E-state index in [4.69, 9.17) is 17.4 Å². The van der Waals surface area contributed by atoms with E-state index in [1.54, 1.807) is 4.90 Å². The van der Waals surface area contributed by atoms with Gasteiger partial charge in [-0.1, -0.05) is 34.6 Å². The monoisotopic (exact) mass is 516 g/mol. The molecule has 1 N–H and O–H groups in total. The van der Waals surface area contributed by atoms with Crippen LogP contribution < -0.4 is 10.2 Å². The number of anilines is 1. The first-order valence-corrected chi connectivity index (χ1v) is 13.3. The number of Topliss-reactive ketones (excluding diaryl/α,β-unsaturated/α-hetero) is 1. The molecule has 4 rings (SSSR count). The Labute approximate surface area is 220 Å². The van der Waals surface area contributed by atoms with Gasteiger partial charge in [-0.3, -0.25) is 14.4 Å². The highest BCUT2D eigenvalue weighted by atomic mass is 32.1. The van der Waals surface area contributed by atoms with Gasteiger partial charge in [-0.2, -0.15) is 0 Å². The smallest absolute Gasteiger partial charge is 0.251 e. The van der Waals surface area contributed by atoms with Crippen molar-refractivity contribution in [3.63, 3.8) is 0 Å². The number of ketones is 1. The fourth-order valence-corrected chi connectivity index (χ4v) is 5.95. The zero-order chi connectivity index (χ0) is 26.4. The third-order valence-electron chi connectivity index (χ3n) is 7.90. The van der Waals surface area contributed by atoms with E-state index in [-0.39, 0.29) is 36.0 Å². The lowest BCUT2D eigenvalue weighted by molar-refractivity contribution is -0.141. The molecule has 4 atom stereocenters.